The Morgan fingerprint density at radius 1 is 1.26 bits per heavy atom. The molecule has 0 bridgehead atoms. The molecule has 7 nitrogen and oxygen atoms in total. The molecule has 1 amide bonds. The van der Waals surface area contributed by atoms with Crippen LogP contribution in [0, 0.1) is 11.3 Å². The van der Waals surface area contributed by atoms with Crippen LogP contribution in [0.3, 0.4) is 0 Å². The van der Waals surface area contributed by atoms with E-state index in [0.29, 0.717) is 34.7 Å². The number of nitrogens with one attached hydrogen (secondary N) is 1. The number of benzene rings is 2. The number of hydrogen-bond acceptors (Lipinski definition) is 6. The van der Waals surface area contributed by atoms with E-state index in [2.05, 4.69) is 32.5 Å². The molecule has 3 aromatic rings. The van der Waals surface area contributed by atoms with E-state index < -0.39 is 5.91 Å². The highest BCUT2D eigenvalue weighted by Crippen LogP contribution is 2.29. The summed E-state index contributed by atoms with van der Waals surface area (Å²) in [5.74, 6) is -0.364. The van der Waals surface area contributed by atoms with Gasteiger partial charge in [-0.3, -0.25) is 4.79 Å². The molecule has 2 aromatic carbocycles. The molecule has 1 fully saturated rings. The first-order valence-electron chi connectivity index (χ1n) is 9.93. The number of nitrogens with zero attached hydrogens (tertiary/aromatic N) is 2. The minimum Gasteiger partial charge on any atom is -0.353 e. The Bertz CT molecular complexity index is 1100. The van der Waals surface area contributed by atoms with Gasteiger partial charge in [-0.25, -0.2) is 0 Å². The third-order valence-electron chi connectivity index (χ3n) is 4.91. The SMILES string of the molecule is N#Cc1cccc(-c2noc(C(=O)Nc3ccc(Br)cc3)c2COC2CCCCO2)c1. The molecular formula is C23H20BrN3O4. The lowest BCUT2D eigenvalue weighted by Crippen LogP contribution is -2.22. The number of hydrogen-bond donors (Lipinski definition) is 1. The van der Waals surface area contributed by atoms with E-state index in [-0.39, 0.29) is 18.7 Å². The van der Waals surface area contributed by atoms with Crippen molar-refractivity contribution in [3.63, 3.8) is 0 Å². The summed E-state index contributed by atoms with van der Waals surface area (Å²) in [7, 11) is 0. The fourth-order valence-corrected chi connectivity index (χ4v) is 3.59. The number of nitriles is 1. The molecule has 31 heavy (non-hydrogen) atoms. The Morgan fingerprint density at radius 3 is 2.84 bits per heavy atom. The van der Waals surface area contributed by atoms with E-state index in [1.165, 1.54) is 0 Å². The van der Waals surface area contributed by atoms with Gasteiger partial charge in [0.05, 0.1) is 23.8 Å². The Morgan fingerprint density at radius 2 is 2.10 bits per heavy atom. The van der Waals surface area contributed by atoms with Gasteiger partial charge in [-0.1, -0.05) is 33.2 Å². The monoisotopic (exact) mass is 481 g/mol. The highest BCUT2D eigenvalue weighted by Gasteiger charge is 2.25. The molecule has 1 atom stereocenters. The van der Waals surface area contributed by atoms with Crippen LogP contribution >= 0.6 is 15.9 Å². The highest BCUT2D eigenvalue weighted by atomic mass is 79.9. The van der Waals surface area contributed by atoms with Crippen molar-refractivity contribution >= 4 is 27.5 Å². The quantitative estimate of drug-likeness (QED) is 0.514. The molecule has 158 valence electrons. The summed E-state index contributed by atoms with van der Waals surface area (Å²) in [6.07, 6.45) is 2.51. The largest absolute Gasteiger partial charge is 0.353 e. The molecule has 0 radical (unpaired) electrons. The minimum absolute atomic E-state index is 0.0658. The number of aromatic nitrogens is 1. The first-order chi connectivity index (χ1) is 15.1. The zero-order valence-corrected chi connectivity index (χ0v) is 18.2. The second-order valence-corrected chi connectivity index (χ2v) is 8.02. The fraction of sp³-hybridized carbons (Fsp3) is 0.261. The minimum atomic E-state index is -0.430. The van der Waals surface area contributed by atoms with E-state index in [1.807, 2.05) is 18.2 Å². The molecule has 1 aliphatic heterocycles. The van der Waals surface area contributed by atoms with Crippen LogP contribution in [0.2, 0.25) is 0 Å². The van der Waals surface area contributed by atoms with Crippen molar-refractivity contribution in [2.24, 2.45) is 0 Å². The van der Waals surface area contributed by atoms with E-state index in [9.17, 15) is 10.1 Å². The molecule has 1 unspecified atom stereocenters. The average Bonchev–Trinajstić information content (AvgIpc) is 3.24. The first-order valence-corrected chi connectivity index (χ1v) is 10.7. The maximum absolute atomic E-state index is 12.9. The summed E-state index contributed by atoms with van der Waals surface area (Å²) in [5.41, 5.74) is 2.77. The molecule has 1 aromatic heterocycles. The van der Waals surface area contributed by atoms with Gasteiger partial charge >= 0.3 is 0 Å². The van der Waals surface area contributed by atoms with Gasteiger partial charge in [0.15, 0.2) is 6.29 Å². The number of carbonyl (C=O) groups is 1. The van der Waals surface area contributed by atoms with Gasteiger partial charge in [0.1, 0.15) is 5.69 Å². The van der Waals surface area contributed by atoms with Crippen LogP contribution in [0.25, 0.3) is 11.3 Å². The van der Waals surface area contributed by atoms with Gasteiger partial charge in [0.25, 0.3) is 5.91 Å². The smallest absolute Gasteiger partial charge is 0.294 e. The number of halogens is 1. The molecule has 2 heterocycles. The molecule has 0 spiro atoms. The van der Waals surface area contributed by atoms with Gasteiger partial charge in [-0.05, 0) is 55.7 Å². The number of ether oxygens (including phenoxy) is 2. The molecule has 4 rings (SSSR count). The molecule has 1 N–H and O–H groups in total. The van der Waals surface area contributed by atoms with Gasteiger partial charge in [-0.2, -0.15) is 5.26 Å². The van der Waals surface area contributed by atoms with E-state index in [0.717, 1.165) is 23.7 Å². The lowest BCUT2D eigenvalue weighted by molar-refractivity contribution is -0.168. The zero-order valence-electron chi connectivity index (χ0n) is 16.6. The fourth-order valence-electron chi connectivity index (χ4n) is 3.32. The Hall–Kier alpha value is -2.99. The molecule has 1 aliphatic rings. The van der Waals surface area contributed by atoms with Crippen molar-refractivity contribution in [1.82, 2.24) is 5.16 Å². The van der Waals surface area contributed by atoms with Crippen LogP contribution in [0.5, 0.6) is 0 Å². The van der Waals surface area contributed by atoms with Crippen molar-refractivity contribution < 1.29 is 18.8 Å². The summed E-state index contributed by atoms with van der Waals surface area (Å²) in [6, 6.07) is 16.3. The van der Waals surface area contributed by atoms with Gasteiger partial charge in [0, 0.05) is 22.3 Å². The van der Waals surface area contributed by atoms with Crippen molar-refractivity contribution in [2.75, 3.05) is 11.9 Å². The number of amides is 1. The summed E-state index contributed by atoms with van der Waals surface area (Å²) < 4.78 is 17.9. The van der Waals surface area contributed by atoms with Crippen LogP contribution in [-0.2, 0) is 16.1 Å². The van der Waals surface area contributed by atoms with Crippen LogP contribution in [-0.4, -0.2) is 24.0 Å². The van der Waals surface area contributed by atoms with Gasteiger partial charge < -0.3 is 19.3 Å². The highest BCUT2D eigenvalue weighted by molar-refractivity contribution is 9.10. The Balaban J connectivity index is 1.63. The van der Waals surface area contributed by atoms with Gasteiger partial charge in [-0.15, -0.1) is 0 Å². The summed E-state index contributed by atoms with van der Waals surface area (Å²) in [5, 5.41) is 16.2. The standard InChI is InChI=1S/C23H20BrN3O4/c24-17-7-9-18(10-8-17)26-23(28)22-19(14-30-20-6-1-2-11-29-20)21(27-31-22)16-5-3-4-15(12-16)13-25/h3-5,7-10,12,20H,1-2,6,11,14H2,(H,26,28). The van der Waals surface area contributed by atoms with Crippen molar-refractivity contribution in [3.8, 4) is 17.3 Å². The Labute approximate surface area is 188 Å². The summed E-state index contributed by atoms with van der Waals surface area (Å²) in [6.45, 7) is 0.756. The number of anilines is 1. The van der Waals surface area contributed by atoms with Crippen molar-refractivity contribution in [2.45, 2.75) is 32.2 Å². The maximum atomic E-state index is 12.9. The topological polar surface area (TPSA) is 97.4 Å². The molecule has 0 aliphatic carbocycles. The summed E-state index contributed by atoms with van der Waals surface area (Å²) in [4.78, 5) is 12.9. The lowest BCUT2D eigenvalue weighted by Gasteiger charge is -2.22. The number of rotatable bonds is 6. The predicted octanol–water partition coefficient (Wildman–Crippen LogP) is 5.27. The van der Waals surface area contributed by atoms with Crippen molar-refractivity contribution in [3.05, 3.63) is 69.9 Å². The van der Waals surface area contributed by atoms with Crippen LogP contribution in [0.4, 0.5) is 5.69 Å². The summed E-state index contributed by atoms with van der Waals surface area (Å²) >= 11 is 3.37. The van der Waals surface area contributed by atoms with E-state index >= 15 is 0 Å². The first kappa shape index (κ1) is 21.2. The third kappa shape index (κ3) is 5.20. The van der Waals surface area contributed by atoms with Crippen LogP contribution < -0.4 is 5.32 Å². The van der Waals surface area contributed by atoms with Gasteiger partial charge in [0.2, 0.25) is 5.76 Å². The Kier molecular flexibility index (Phi) is 6.77. The van der Waals surface area contributed by atoms with E-state index in [4.69, 9.17) is 14.0 Å². The molecular weight excluding hydrogens is 462 g/mol. The average molecular weight is 482 g/mol. The molecule has 0 saturated carbocycles. The zero-order chi connectivity index (χ0) is 21.6. The van der Waals surface area contributed by atoms with Crippen LogP contribution in [0.15, 0.2) is 57.5 Å². The second-order valence-electron chi connectivity index (χ2n) is 7.10. The third-order valence-corrected chi connectivity index (χ3v) is 5.44. The predicted molar refractivity (Wildman–Crippen MR) is 117 cm³/mol. The van der Waals surface area contributed by atoms with Crippen molar-refractivity contribution in [1.29, 1.82) is 5.26 Å². The lowest BCUT2D eigenvalue weighted by atomic mass is 10.0. The molecule has 1 saturated heterocycles. The maximum Gasteiger partial charge on any atom is 0.294 e. The van der Waals surface area contributed by atoms with Crippen LogP contribution in [0.1, 0.15) is 40.9 Å². The second kappa shape index (κ2) is 9.88. The molecule has 8 heteroatoms. The van der Waals surface area contributed by atoms with E-state index in [1.54, 1.807) is 30.3 Å². The normalized spacial score (nSPS) is 15.9. The number of carbonyl (C=O) groups excluding carboxylic acids is 1.